The first kappa shape index (κ1) is 11.7. The van der Waals surface area contributed by atoms with Crippen molar-refractivity contribution in [3.05, 3.63) is 29.3 Å². The fourth-order valence-corrected chi connectivity index (χ4v) is 0.975. The van der Waals surface area contributed by atoms with Crippen LogP contribution in [0.15, 0.2) is 18.2 Å². The molecule has 1 aromatic rings. The van der Waals surface area contributed by atoms with Gasteiger partial charge >= 0.3 is 0 Å². The summed E-state index contributed by atoms with van der Waals surface area (Å²) in [6.07, 6.45) is 0.826. The molecule has 0 aliphatic rings. The zero-order valence-corrected chi connectivity index (χ0v) is 8.63. The number of hydrogen-bond acceptors (Lipinski definition) is 2. The molecule has 0 aromatic heterocycles. The Labute approximate surface area is 79.5 Å². The fraction of sp³-hybridized carbons (Fsp3) is 0.364. The van der Waals surface area contributed by atoms with Crippen LogP contribution in [0.4, 0.5) is 0 Å². The van der Waals surface area contributed by atoms with Crippen LogP contribution < -0.4 is 4.74 Å². The predicted molar refractivity (Wildman–Crippen MR) is 54.5 cm³/mol. The zero-order chi connectivity index (χ0) is 10.3. The number of carbonyl (C=O) groups excluding carboxylic acids is 1. The molecule has 0 fully saturated rings. The van der Waals surface area contributed by atoms with Gasteiger partial charge in [-0.3, -0.25) is 4.79 Å². The van der Waals surface area contributed by atoms with Gasteiger partial charge in [-0.05, 0) is 30.7 Å². The second kappa shape index (κ2) is 6.23. The average Bonchev–Trinajstić information content (AvgIpc) is 2.20. The largest absolute Gasteiger partial charge is 0.496 e. The minimum Gasteiger partial charge on any atom is -0.496 e. The molecule has 0 aliphatic heterocycles. The molecule has 1 aromatic carbocycles. The van der Waals surface area contributed by atoms with Gasteiger partial charge in [0.15, 0.2) is 0 Å². The Morgan fingerprint density at radius 3 is 2.31 bits per heavy atom. The first-order valence-corrected chi connectivity index (χ1v) is 4.37. The number of methoxy groups -OCH3 is 1. The van der Waals surface area contributed by atoms with Crippen LogP contribution in [0.2, 0.25) is 0 Å². The second-order valence-electron chi connectivity index (χ2n) is 2.35. The molecular formula is C11H16O2. The summed E-state index contributed by atoms with van der Waals surface area (Å²) in [7, 11) is 1.61. The van der Waals surface area contributed by atoms with E-state index in [2.05, 4.69) is 0 Å². The minimum atomic E-state index is 0.684. The van der Waals surface area contributed by atoms with Crippen molar-refractivity contribution in [2.75, 3.05) is 7.11 Å². The van der Waals surface area contributed by atoms with Gasteiger partial charge in [-0.1, -0.05) is 13.8 Å². The first-order chi connectivity index (χ1) is 6.27. The summed E-state index contributed by atoms with van der Waals surface area (Å²) >= 11 is 0. The molecule has 0 radical (unpaired) electrons. The van der Waals surface area contributed by atoms with Gasteiger partial charge in [0.1, 0.15) is 12.0 Å². The van der Waals surface area contributed by atoms with E-state index in [1.54, 1.807) is 25.3 Å². The highest BCUT2D eigenvalue weighted by Crippen LogP contribution is 2.17. The highest BCUT2D eigenvalue weighted by Gasteiger charge is 1.97. The summed E-state index contributed by atoms with van der Waals surface area (Å²) in [6.45, 7) is 5.91. The Bertz CT molecular complexity index is 267. The van der Waals surface area contributed by atoms with Gasteiger partial charge in [0.25, 0.3) is 0 Å². The molecule has 13 heavy (non-hydrogen) atoms. The molecule has 1 rings (SSSR count). The quantitative estimate of drug-likeness (QED) is 0.654. The highest BCUT2D eigenvalue weighted by molar-refractivity contribution is 5.75. The lowest BCUT2D eigenvalue weighted by molar-refractivity contribution is 0.112. The van der Waals surface area contributed by atoms with Crippen LogP contribution in [0.5, 0.6) is 5.75 Å². The van der Waals surface area contributed by atoms with Crippen LogP contribution in [0, 0.1) is 6.92 Å². The Balaban J connectivity index is 0.000000671. The fourth-order valence-electron chi connectivity index (χ4n) is 0.975. The third-order valence-electron chi connectivity index (χ3n) is 1.55. The van der Waals surface area contributed by atoms with Crippen molar-refractivity contribution in [3.63, 3.8) is 0 Å². The molecule has 0 bridgehead atoms. The average molecular weight is 180 g/mol. The molecule has 0 heterocycles. The number of aryl methyl sites for hydroxylation is 1. The van der Waals surface area contributed by atoms with Gasteiger partial charge in [-0.2, -0.15) is 0 Å². The van der Waals surface area contributed by atoms with Gasteiger partial charge in [0.05, 0.1) is 7.11 Å². The summed E-state index contributed by atoms with van der Waals surface area (Å²) in [5.41, 5.74) is 1.67. The molecule has 0 atom stereocenters. The van der Waals surface area contributed by atoms with Crippen LogP contribution in [-0.2, 0) is 0 Å². The van der Waals surface area contributed by atoms with Crippen molar-refractivity contribution in [3.8, 4) is 5.75 Å². The van der Waals surface area contributed by atoms with Crippen molar-refractivity contribution in [1.82, 2.24) is 0 Å². The van der Waals surface area contributed by atoms with Gasteiger partial charge in [0.2, 0.25) is 0 Å². The molecule has 2 heteroatoms. The SMILES string of the molecule is CC.COc1ccc(C=O)cc1C. The van der Waals surface area contributed by atoms with E-state index >= 15 is 0 Å². The van der Waals surface area contributed by atoms with Crippen molar-refractivity contribution >= 4 is 6.29 Å². The number of rotatable bonds is 2. The number of hydrogen-bond donors (Lipinski definition) is 0. The summed E-state index contributed by atoms with van der Waals surface area (Å²) in [5.74, 6) is 0.815. The zero-order valence-electron chi connectivity index (χ0n) is 8.63. The number of carbonyl (C=O) groups is 1. The van der Waals surface area contributed by atoms with Gasteiger partial charge in [0, 0.05) is 5.56 Å². The number of ether oxygens (including phenoxy) is 1. The lowest BCUT2D eigenvalue weighted by Gasteiger charge is -2.03. The third kappa shape index (κ3) is 3.28. The van der Waals surface area contributed by atoms with Crippen molar-refractivity contribution in [2.45, 2.75) is 20.8 Å². The van der Waals surface area contributed by atoms with E-state index in [9.17, 15) is 4.79 Å². The summed E-state index contributed by atoms with van der Waals surface area (Å²) in [4.78, 5) is 10.3. The maximum Gasteiger partial charge on any atom is 0.150 e. The Morgan fingerprint density at radius 1 is 1.31 bits per heavy atom. The summed E-state index contributed by atoms with van der Waals surface area (Å²) < 4.78 is 5.03. The normalized spacial score (nSPS) is 8.31. The Hall–Kier alpha value is -1.31. The topological polar surface area (TPSA) is 26.3 Å². The van der Waals surface area contributed by atoms with E-state index in [1.807, 2.05) is 20.8 Å². The smallest absolute Gasteiger partial charge is 0.150 e. The van der Waals surface area contributed by atoms with Crippen molar-refractivity contribution < 1.29 is 9.53 Å². The van der Waals surface area contributed by atoms with Crippen LogP contribution in [0.3, 0.4) is 0 Å². The van der Waals surface area contributed by atoms with E-state index in [-0.39, 0.29) is 0 Å². The van der Waals surface area contributed by atoms with E-state index in [0.29, 0.717) is 5.56 Å². The minimum absolute atomic E-state index is 0.684. The molecule has 72 valence electrons. The molecule has 0 aliphatic carbocycles. The van der Waals surface area contributed by atoms with E-state index in [0.717, 1.165) is 17.6 Å². The van der Waals surface area contributed by atoms with Gasteiger partial charge < -0.3 is 4.74 Å². The molecule has 2 nitrogen and oxygen atoms in total. The molecule has 0 saturated heterocycles. The number of aldehydes is 1. The lowest BCUT2D eigenvalue weighted by atomic mass is 10.1. The predicted octanol–water partition coefficient (Wildman–Crippen LogP) is 2.84. The molecule has 0 N–H and O–H groups in total. The first-order valence-electron chi connectivity index (χ1n) is 4.37. The standard InChI is InChI=1S/C9H10O2.C2H6/c1-7-5-8(6-10)3-4-9(7)11-2;1-2/h3-6H,1-2H3;1-2H3. The third-order valence-corrected chi connectivity index (χ3v) is 1.55. The summed E-state index contributed by atoms with van der Waals surface area (Å²) in [5, 5.41) is 0. The lowest BCUT2D eigenvalue weighted by Crippen LogP contribution is -1.88. The van der Waals surface area contributed by atoms with Crippen LogP contribution in [0.1, 0.15) is 29.8 Å². The molecular weight excluding hydrogens is 164 g/mol. The van der Waals surface area contributed by atoms with E-state index in [4.69, 9.17) is 4.74 Å². The molecule has 0 amide bonds. The van der Waals surface area contributed by atoms with E-state index in [1.165, 1.54) is 0 Å². The van der Waals surface area contributed by atoms with Gasteiger partial charge in [-0.25, -0.2) is 0 Å². The highest BCUT2D eigenvalue weighted by atomic mass is 16.5. The maximum atomic E-state index is 10.3. The van der Waals surface area contributed by atoms with E-state index < -0.39 is 0 Å². The monoisotopic (exact) mass is 180 g/mol. The molecule has 0 saturated carbocycles. The molecule has 0 unspecified atom stereocenters. The summed E-state index contributed by atoms with van der Waals surface area (Å²) in [6, 6.07) is 5.32. The number of benzene rings is 1. The Morgan fingerprint density at radius 2 is 1.92 bits per heavy atom. The maximum absolute atomic E-state index is 10.3. The molecule has 0 spiro atoms. The van der Waals surface area contributed by atoms with Crippen LogP contribution >= 0.6 is 0 Å². The van der Waals surface area contributed by atoms with Crippen LogP contribution in [-0.4, -0.2) is 13.4 Å². The second-order valence-corrected chi connectivity index (χ2v) is 2.35. The Kier molecular flexibility index (Phi) is 5.60. The van der Waals surface area contributed by atoms with Crippen molar-refractivity contribution in [1.29, 1.82) is 0 Å². The van der Waals surface area contributed by atoms with Crippen molar-refractivity contribution in [2.24, 2.45) is 0 Å². The van der Waals surface area contributed by atoms with Crippen LogP contribution in [0.25, 0.3) is 0 Å². The van der Waals surface area contributed by atoms with Gasteiger partial charge in [-0.15, -0.1) is 0 Å².